The smallest absolute Gasteiger partial charge is 0.123 e. The Morgan fingerprint density at radius 3 is 2.22 bits per heavy atom. The fourth-order valence-electron chi connectivity index (χ4n) is 2.03. The predicted octanol–water partition coefficient (Wildman–Crippen LogP) is 5.24. The molecule has 0 aliphatic carbocycles. The highest BCUT2D eigenvalue weighted by Gasteiger charge is 2.12. The lowest BCUT2D eigenvalue weighted by Crippen LogP contribution is -1.96. The maximum atomic E-state index is 13.4. The minimum Gasteiger partial charge on any atom is -0.207 e. The van der Waals surface area contributed by atoms with Gasteiger partial charge < -0.3 is 0 Å². The van der Waals surface area contributed by atoms with E-state index in [-0.39, 0.29) is 10.6 Å². The molecule has 0 aliphatic rings. The van der Waals surface area contributed by atoms with E-state index in [1.54, 1.807) is 12.1 Å². The second-order valence-corrected chi connectivity index (χ2v) is 5.68. The molecule has 0 nitrogen and oxygen atoms in total. The van der Waals surface area contributed by atoms with Crippen LogP contribution >= 0.6 is 15.9 Å². The van der Waals surface area contributed by atoms with Gasteiger partial charge in [-0.2, -0.15) is 0 Å². The summed E-state index contributed by atoms with van der Waals surface area (Å²) >= 11 is 3.65. The molecule has 0 heterocycles. The van der Waals surface area contributed by atoms with Crippen molar-refractivity contribution in [3.05, 3.63) is 70.0 Å². The Balaban J connectivity index is 2.40. The van der Waals surface area contributed by atoms with Gasteiger partial charge in [0.05, 0.1) is 4.83 Å². The van der Waals surface area contributed by atoms with E-state index in [0.717, 1.165) is 16.7 Å². The number of rotatable bonds is 2. The summed E-state index contributed by atoms with van der Waals surface area (Å²) in [4.78, 5) is 0.0335. The Morgan fingerprint density at radius 1 is 0.889 bits per heavy atom. The minimum absolute atomic E-state index is 0.0335. The molecule has 0 N–H and O–H groups in total. The molecular weight excluding hydrogens is 291 g/mol. The molecule has 0 saturated heterocycles. The van der Waals surface area contributed by atoms with Crippen molar-refractivity contribution in [2.24, 2.45) is 0 Å². The first-order valence-electron chi connectivity index (χ1n) is 5.95. The highest BCUT2D eigenvalue weighted by Crippen LogP contribution is 2.32. The van der Waals surface area contributed by atoms with Crippen molar-refractivity contribution in [1.29, 1.82) is 0 Å². The van der Waals surface area contributed by atoms with Crippen LogP contribution in [0.15, 0.2) is 36.4 Å². The molecule has 2 aromatic carbocycles. The fraction of sp³-hybridized carbons (Fsp3) is 0.250. The zero-order valence-corrected chi connectivity index (χ0v) is 12.4. The van der Waals surface area contributed by atoms with Crippen LogP contribution in [0, 0.1) is 26.6 Å². The lowest BCUT2D eigenvalue weighted by atomic mass is 9.99. The number of aryl methyl sites for hydroxylation is 3. The van der Waals surface area contributed by atoms with Gasteiger partial charge in [0.15, 0.2) is 0 Å². The first-order valence-corrected chi connectivity index (χ1v) is 6.87. The molecule has 0 saturated carbocycles. The Labute approximate surface area is 116 Å². The van der Waals surface area contributed by atoms with Gasteiger partial charge in [-0.25, -0.2) is 4.39 Å². The summed E-state index contributed by atoms with van der Waals surface area (Å²) in [7, 11) is 0. The third-order valence-electron chi connectivity index (χ3n) is 3.18. The van der Waals surface area contributed by atoms with Gasteiger partial charge in [0.2, 0.25) is 0 Å². The Kier molecular flexibility index (Phi) is 3.86. The predicted molar refractivity (Wildman–Crippen MR) is 77.8 cm³/mol. The van der Waals surface area contributed by atoms with E-state index in [1.165, 1.54) is 11.1 Å². The molecule has 0 radical (unpaired) electrons. The van der Waals surface area contributed by atoms with Gasteiger partial charge in [-0.1, -0.05) is 40.2 Å². The molecule has 0 bridgehead atoms. The van der Waals surface area contributed by atoms with Crippen molar-refractivity contribution >= 4 is 15.9 Å². The molecule has 2 aromatic rings. The summed E-state index contributed by atoms with van der Waals surface area (Å²) < 4.78 is 13.4. The minimum atomic E-state index is -0.182. The molecule has 18 heavy (non-hydrogen) atoms. The number of hydrogen-bond acceptors (Lipinski definition) is 0. The zero-order chi connectivity index (χ0) is 13.3. The highest BCUT2D eigenvalue weighted by molar-refractivity contribution is 9.09. The van der Waals surface area contributed by atoms with Gasteiger partial charge >= 0.3 is 0 Å². The number of halogens is 2. The third kappa shape index (κ3) is 2.81. The van der Waals surface area contributed by atoms with Crippen LogP contribution < -0.4 is 0 Å². The van der Waals surface area contributed by atoms with E-state index in [1.807, 2.05) is 13.0 Å². The van der Waals surface area contributed by atoms with Crippen molar-refractivity contribution in [1.82, 2.24) is 0 Å². The van der Waals surface area contributed by atoms with Gasteiger partial charge in [0, 0.05) is 0 Å². The van der Waals surface area contributed by atoms with Crippen LogP contribution in [0.4, 0.5) is 4.39 Å². The average molecular weight is 307 g/mol. The molecule has 0 aromatic heterocycles. The van der Waals surface area contributed by atoms with E-state index >= 15 is 0 Å². The van der Waals surface area contributed by atoms with Crippen LogP contribution in [-0.2, 0) is 0 Å². The normalized spacial score (nSPS) is 12.5. The Bertz CT molecular complexity index is 555. The first-order chi connectivity index (χ1) is 8.47. The zero-order valence-electron chi connectivity index (χ0n) is 10.8. The number of benzene rings is 2. The maximum absolute atomic E-state index is 13.4. The average Bonchev–Trinajstić information content (AvgIpc) is 2.30. The molecule has 0 fully saturated rings. The van der Waals surface area contributed by atoms with Crippen LogP contribution in [-0.4, -0.2) is 0 Å². The molecule has 2 rings (SSSR count). The van der Waals surface area contributed by atoms with Crippen LogP contribution in [0.2, 0.25) is 0 Å². The van der Waals surface area contributed by atoms with Gasteiger partial charge in [0.25, 0.3) is 0 Å². The van der Waals surface area contributed by atoms with Crippen molar-refractivity contribution < 1.29 is 4.39 Å². The lowest BCUT2D eigenvalue weighted by Gasteiger charge is -2.13. The molecule has 1 unspecified atom stereocenters. The summed E-state index contributed by atoms with van der Waals surface area (Å²) in [6, 6.07) is 11.5. The second kappa shape index (κ2) is 5.23. The first kappa shape index (κ1) is 13.3. The summed E-state index contributed by atoms with van der Waals surface area (Å²) in [5.74, 6) is -0.182. The van der Waals surface area contributed by atoms with E-state index in [2.05, 4.69) is 48.0 Å². The third-order valence-corrected chi connectivity index (χ3v) is 4.24. The summed E-state index contributed by atoms with van der Waals surface area (Å²) in [5.41, 5.74) is 5.58. The van der Waals surface area contributed by atoms with E-state index in [0.29, 0.717) is 0 Å². The Hall–Kier alpha value is -1.15. The molecule has 2 heteroatoms. The topological polar surface area (TPSA) is 0 Å². The molecule has 0 amide bonds. The quantitative estimate of drug-likeness (QED) is 0.666. The number of alkyl halides is 1. The monoisotopic (exact) mass is 306 g/mol. The van der Waals surface area contributed by atoms with Crippen molar-refractivity contribution in [3.63, 3.8) is 0 Å². The Morgan fingerprint density at radius 2 is 1.61 bits per heavy atom. The summed E-state index contributed by atoms with van der Waals surface area (Å²) in [6.45, 7) is 6.09. The maximum Gasteiger partial charge on any atom is 0.123 e. The van der Waals surface area contributed by atoms with Crippen LogP contribution in [0.25, 0.3) is 0 Å². The van der Waals surface area contributed by atoms with Crippen molar-refractivity contribution in [2.75, 3.05) is 0 Å². The van der Waals surface area contributed by atoms with Gasteiger partial charge in [-0.15, -0.1) is 0 Å². The number of hydrogen-bond donors (Lipinski definition) is 0. The van der Waals surface area contributed by atoms with Crippen LogP contribution in [0.1, 0.15) is 32.6 Å². The van der Waals surface area contributed by atoms with Gasteiger partial charge in [0.1, 0.15) is 5.82 Å². The molecule has 94 valence electrons. The van der Waals surface area contributed by atoms with E-state index < -0.39 is 0 Å². The van der Waals surface area contributed by atoms with Gasteiger partial charge in [-0.3, -0.25) is 0 Å². The van der Waals surface area contributed by atoms with Crippen LogP contribution in [0.5, 0.6) is 0 Å². The molecular formula is C16H16BrF. The summed E-state index contributed by atoms with van der Waals surface area (Å²) in [6.07, 6.45) is 0. The van der Waals surface area contributed by atoms with Gasteiger partial charge in [-0.05, 0) is 60.7 Å². The largest absolute Gasteiger partial charge is 0.207 e. The van der Waals surface area contributed by atoms with Crippen LogP contribution in [0.3, 0.4) is 0 Å². The van der Waals surface area contributed by atoms with E-state index in [9.17, 15) is 4.39 Å². The standard InChI is InChI=1S/C16H16BrF/c1-10-6-14(9-15(18)7-10)16(17)13-5-4-11(2)12(3)8-13/h4-9,16H,1-3H3. The molecule has 0 aliphatic heterocycles. The summed E-state index contributed by atoms with van der Waals surface area (Å²) in [5, 5.41) is 0. The lowest BCUT2D eigenvalue weighted by molar-refractivity contribution is 0.624. The molecule has 1 atom stereocenters. The van der Waals surface area contributed by atoms with E-state index in [4.69, 9.17) is 0 Å². The SMILES string of the molecule is Cc1cc(F)cc(C(Br)c2ccc(C)c(C)c2)c1. The molecule has 0 spiro atoms. The highest BCUT2D eigenvalue weighted by atomic mass is 79.9. The van der Waals surface area contributed by atoms with Crippen molar-refractivity contribution in [2.45, 2.75) is 25.6 Å². The fourth-order valence-corrected chi connectivity index (χ4v) is 2.57. The second-order valence-electron chi connectivity index (χ2n) is 4.77. The van der Waals surface area contributed by atoms with Crippen molar-refractivity contribution in [3.8, 4) is 0 Å².